The summed E-state index contributed by atoms with van der Waals surface area (Å²) in [6, 6.07) is 2.84. The van der Waals surface area contributed by atoms with Gasteiger partial charge in [-0.3, -0.25) is 9.67 Å². The van der Waals surface area contributed by atoms with E-state index in [1.807, 2.05) is 0 Å². The van der Waals surface area contributed by atoms with Gasteiger partial charge in [-0.05, 0) is 12.1 Å². The lowest BCUT2D eigenvalue weighted by Crippen LogP contribution is -2.06. The summed E-state index contributed by atoms with van der Waals surface area (Å²) < 4.78 is 14.6. The predicted octanol–water partition coefficient (Wildman–Crippen LogP) is 0.753. The van der Waals surface area contributed by atoms with Crippen molar-refractivity contribution in [2.45, 2.75) is 13.0 Å². The van der Waals surface area contributed by atoms with Gasteiger partial charge in [-0.15, -0.1) is 5.10 Å². The molecule has 0 radical (unpaired) electrons. The minimum atomic E-state index is -1.19. The van der Waals surface area contributed by atoms with Crippen molar-refractivity contribution in [1.29, 1.82) is 0 Å². The van der Waals surface area contributed by atoms with Gasteiger partial charge in [0, 0.05) is 19.2 Å². The summed E-state index contributed by atoms with van der Waals surface area (Å²) in [4.78, 5) is 18.0. The maximum atomic E-state index is 13.2. The molecule has 0 fully saturated rings. The Kier molecular flexibility index (Phi) is 3.08. The number of carboxylic acids is 1. The molecule has 0 saturated carbocycles. The number of hydrogen-bond acceptors (Lipinski definition) is 4. The van der Waals surface area contributed by atoms with Gasteiger partial charge >= 0.3 is 5.97 Å². The molecule has 0 aliphatic carbocycles. The topological polar surface area (TPSA) is 80.9 Å². The molecule has 88 valence electrons. The SMILES string of the molecule is O=C(O)c1ncn(CCc2ncccc2F)n1. The lowest BCUT2D eigenvalue weighted by Gasteiger charge is -2.01. The fourth-order valence-corrected chi connectivity index (χ4v) is 1.32. The van der Waals surface area contributed by atoms with Crippen LogP contribution in [-0.2, 0) is 13.0 Å². The van der Waals surface area contributed by atoms with Gasteiger partial charge in [0.05, 0.1) is 5.69 Å². The van der Waals surface area contributed by atoms with Gasteiger partial charge in [0.2, 0.25) is 0 Å². The van der Waals surface area contributed by atoms with Crippen LogP contribution in [0, 0.1) is 5.82 Å². The number of rotatable bonds is 4. The molecule has 6 nitrogen and oxygen atoms in total. The molecule has 1 N–H and O–H groups in total. The Balaban J connectivity index is 2.02. The molecule has 17 heavy (non-hydrogen) atoms. The third kappa shape index (κ3) is 2.63. The second-order valence-corrected chi connectivity index (χ2v) is 3.32. The van der Waals surface area contributed by atoms with Crippen LogP contribution in [0.4, 0.5) is 4.39 Å². The molecule has 0 bridgehead atoms. The maximum absolute atomic E-state index is 13.2. The average Bonchev–Trinajstić information content (AvgIpc) is 2.77. The molecule has 2 aromatic heterocycles. The Morgan fingerprint density at radius 3 is 2.94 bits per heavy atom. The lowest BCUT2D eigenvalue weighted by atomic mass is 10.2. The van der Waals surface area contributed by atoms with E-state index in [2.05, 4.69) is 15.1 Å². The number of hydrogen-bond donors (Lipinski definition) is 1. The number of pyridine rings is 1. The van der Waals surface area contributed by atoms with Gasteiger partial charge in [-0.2, -0.15) is 0 Å². The van der Waals surface area contributed by atoms with Crippen LogP contribution in [0.1, 0.15) is 16.3 Å². The van der Waals surface area contributed by atoms with E-state index < -0.39 is 5.97 Å². The molecule has 0 amide bonds. The van der Waals surface area contributed by atoms with Gasteiger partial charge in [0.1, 0.15) is 12.1 Å². The molecular formula is C10H9FN4O2. The third-order valence-electron chi connectivity index (χ3n) is 2.14. The number of aryl methyl sites for hydroxylation is 2. The highest BCUT2D eigenvalue weighted by Gasteiger charge is 2.09. The van der Waals surface area contributed by atoms with Crippen molar-refractivity contribution in [1.82, 2.24) is 19.7 Å². The first-order valence-electron chi connectivity index (χ1n) is 4.89. The van der Waals surface area contributed by atoms with Crippen LogP contribution in [0.2, 0.25) is 0 Å². The molecule has 2 aromatic rings. The minimum absolute atomic E-state index is 0.272. The van der Waals surface area contributed by atoms with Gasteiger partial charge in [-0.1, -0.05) is 0 Å². The number of carbonyl (C=O) groups is 1. The summed E-state index contributed by atoms with van der Waals surface area (Å²) in [5.74, 6) is -1.84. The molecule has 7 heteroatoms. The molecule has 0 aromatic carbocycles. The first-order chi connectivity index (χ1) is 8.16. The summed E-state index contributed by atoms with van der Waals surface area (Å²) >= 11 is 0. The molecule has 0 atom stereocenters. The van der Waals surface area contributed by atoms with E-state index in [1.54, 1.807) is 0 Å². The van der Waals surface area contributed by atoms with Crippen LogP contribution >= 0.6 is 0 Å². The first kappa shape index (κ1) is 11.2. The second-order valence-electron chi connectivity index (χ2n) is 3.32. The number of halogens is 1. The smallest absolute Gasteiger partial charge is 0.375 e. The second kappa shape index (κ2) is 4.69. The number of aromatic nitrogens is 4. The van der Waals surface area contributed by atoms with Gasteiger partial charge in [0.15, 0.2) is 0 Å². The van der Waals surface area contributed by atoms with Crippen molar-refractivity contribution >= 4 is 5.97 Å². The van der Waals surface area contributed by atoms with E-state index in [1.165, 1.54) is 29.3 Å². The Labute approximate surface area is 95.8 Å². The zero-order valence-corrected chi connectivity index (χ0v) is 8.75. The van der Waals surface area contributed by atoms with Crippen molar-refractivity contribution in [3.8, 4) is 0 Å². The Hall–Kier alpha value is -2.31. The van der Waals surface area contributed by atoms with Gasteiger partial charge in [0.25, 0.3) is 5.82 Å². The maximum Gasteiger partial charge on any atom is 0.375 e. The molecule has 0 spiro atoms. The van der Waals surface area contributed by atoms with Crippen LogP contribution in [0.3, 0.4) is 0 Å². The molecule has 2 heterocycles. The van der Waals surface area contributed by atoms with Crippen LogP contribution in [0.5, 0.6) is 0 Å². The Morgan fingerprint density at radius 1 is 1.47 bits per heavy atom. The largest absolute Gasteiger partial charge is 0.475 e. The predicted molar refractivity (Wildman–Crippen MR) is 54.9 cm³/mol. The highest BCUT2D eigenvalue weighted by Crippen LogP contribution is 2.04. The fourth-order valence-electron chi connectivity index (χ4n) is 1.32. The zero-order valence-electron chi connectivity index (χ0n) is 8.75. The van der Waals surface area contributed by atoms with Crippen LogP contribution in [-0.4, -0.2) is 30.8 Å². The van der Waals surface area contributed by atoms with Crippen LogP contribution in [0.15, 0.2) is 24.7 Å². The molecule has 0 aliphatic heterocycles. The van der Waals surface area contributed by atoms with Crippen molar-refractivity contribution in [2.75, 3.05) is 0 Å². The Bertz CT molecular complexity index is 541. The normalized spacial score (nSPS) is 10.4. The lowest BCUT2D eigenvalue weighted by molar-refractivity contribution is 0.0683. The van der Waals surface area contributed by atoms with Crippen molar-refractivity contribution in [2.24, 2.45) is 0 Å². The number of aromatic carboxylic acids is 1. The van der Waals surface area contributed by atoms with E-state index in [-0.39, 0.29) is 11.6 Å². The highest BCUT2D eigenvalue weighted by molar-refractivity contribution is 5.82. The van der Waals surface area contributed by atoms with Crippen LogP contribution < -0.4 is 0 Å². The highest BCUT2D eigenvalue weighted by atomic mass is 19.1. The summed E-state index contributed by atoms with van der Waals surface area (Å²) in [6.45, 7) is 0.328. The van der Waals surface area contributed by atoms with E-state index >= 15 is 0 Å². The first-order valence-corrected chi connectivity index (χ1v) is 4.89. The fraction of sp³-hybridized carbons (Fsp3) is 0.200. The molecule has 0 aliphatic rings. The van der Waals surface area contributed by atoms with Gasteiger partial charge < -0.3 is 5.11 Å². The quantitative estimate of drug-likeness (QED) is 0.847. The molecule has 2 rings (SSSR count). The molecular weight excluding hydrogens is 227 g/mol. The van der Waals surface area contributed by atoms with E-state index in [4.69, 9.17) is 5.11 Å². The van der Waals surface area contributed by atoms with E-state index in [0.717, 1.165) is 0 Å². The van der Waals surface area contributed by atoms with E-state index in [0.29, 0.717) is 18.7 Å². The van der Waals surface area contributed by atoms with Crippen molar-refractivity contribution < 1.29 is 14.3 Å². The summed E-state index contributed by atoms with van der Waals surface area (Å²) in [7, 11) is 0. The van der Waals surface area contributed by atoms with Crippen molar-refractivity contribution in [3.05, 3.63) is 42.0 Å². The van der Waals surface area contributed by atoms with Crippen LogP contribution in [0.25, 0.3) is 0 Å². The monoisotopic (exact) mass is 236 g/mol. The van der Waals surface area contributed by atoms with Gasteiger partial charge in [-0.25, -0.2) is 14.2 Å². The third-order valence-corrected chi connectivity index (χ3v) is 2.14. The summed E-state index contributed by atoms with van der Waals surface area (Å²) in [6.07, 6.45) is 3.13. The number of nitrogens with zero attached hydrogens (tertiary/aromatic N) is 4. The summed E-state index contributed by atoms with van der Waals surface area (Å²) in [5.41, 5.74) is 0.319. The standard InChI is InChI=1S/C10H9FN4O2/c11-7-2-1-4-12-8(7)3-5-15-6-13-9(14-15)10(16)17/h1-2,4,6H,3,5H2,(H,16,17). The molecule has 0 unspecified atom stereocenters. The summed E-state index contributed by atoms with van der Waals surface area (Å²) in [5, 5.41) is 12.3. The van der Waals surface area contributed by atoms with Crippen molar-refractivity contribution in [3.63, 3.8) is 0 Å². The zero-order chi connectivity index (χ0) is 12.3. The number of carboxylic acid groups (broad SMARTS) is 1. The minimum Gasteiger partial charge on any atom is -0.475 e. The molecule has 0 saturated heterocycles. The van der Waals surface area contributed by atoms with E-state index in [9.17, 15) is 9.18 Å². The Morgan fingerprint density at radius 2 is 2.29 bits per heavy atom. The average molecular weight is 236 g/mol.